The number of methoxy groups -OCH3 is 1. The minimum atomic E-state index is -0.932. The lowest BCUT2D eigenvalue weighted by atomic mass is 9.93. The number of ether oxygens (including phenoxy) is 2. The average Bonchev–Trinajstić information content (AvgIpc) is 2.81. The van der Waals surface area contributed by atoms with Gasteiger partial charge in [0.2, 0.25) is 11.8 Å². The Morgan fingerprint density at radius 1 is 1.22 bits per heavy atom. The molecule has 36 heavy (non-hydrogen) atoms. The van der Waals surface area contributed by atoms with Crippen molar-refractivity contribution < 1.29 is 28.7 Å². The van der Waals surface area contributed by atoms with Crippen molar-refractivity contribution in [3.8, 4) is 0 Å². The van der Waals surface area contributed by atoms with Gasteiger partial charge in [0.05, 0.1) is 19.6 Å². The number of carbonyl (C=O) groups is 4. The van der Waals surface area contributed by atoms with E-state index in [0.717, 1.165) is 18.4 Å². The molecule has 0 bridgehead atoms. The van der Waals surface area contributed by atoms with Gasteiger partial charge in [-0.05, 0) is 32.8 Å². The number of hydrogen-bond acceptors (Lipinski definition) is 7. The predicted octanol–water partition coefficient (Wildman–Crippen LogP) is 1.90. The molecule has 4 N–H and O–H groups in total. The fourth-order valence-corrected chi connectivity index (χ4v) is 4.26. The van der Waals surface area contributed by atoms with Crippen molar-refractivity contribution in [2.75, 3.05) is 13.7 Å². The summed E-state index contributed by atoms with van der Waals surface area (Å²) in [4.78, 5) is 52.1. The second kappa shape index (κ2) is 13.2. The van der Waals surface area contributed by atoms with Crippen LogP contribution in [0.5, 0.6) is 0 Å². The smallest absolute Gasteiger partial charge is 0.407 e. The van der Waals surface area contributed by atoms with Crippen LogP contribution in [0.15, 0.2) is 30.3 Å². The minimum Gasteiger partial charge on any atom is -0.469 e. The highest BCUT2D eigenvalue weighted by Crippen LogP contribution is 2.20. The molecule has 200 valence electrons. The third-order valence-corrected chi connectivity index (χ3v) is 6.02. The molecule has 0 saturated carbocycles. The second-order valence-electron chi connectivity index (χ2n) is 10.1. The van der Waals surface area contributed by atoms with E-state index in [-0.39, 0.29) is 19.4 Å². The Hall–Kier alpha value is -3.14. The number of nitrogens with one attached hydrogen (secondary N) is 2. The zero-order chi connectivity index (χ0) is 26.9. The summed E-state index contributed by atoms with van der Waals surface area (Å²) in [6, 6.07) is 6.57. The van der Waals surface area contributed by atoms with Crippen molar-refractivity contribution in [1.29, 1.82) is 0 Å². The van der Waals surface area contributed by atoms with E-state index < -0.39 is 53.6 Å². The van der Waals surface area contributed by atoms with Gasteiger partial charge in [0.25, 0.3) is 0 Å². The van der Waals surface area contributed by atoms with Gasteiger partial charge in [-0.15, -0.1) is 0 Å². The first-order valence-electron chi connectivity index (χ1n) is 12.4. The molecule has 3 amide bonds. The molecule has 1 aliphatic rings. The molecule has 10 heteroatoms. The largest absolute Gasteiger partial charge is 0.469 e. The van der Waals surface area contributed by atoms with E-state index in [1.54, 1.807) is 20.8 Å². The van der Waals surface area contributed by atoms with Crippen LogP contribution in [0.25, 0.3) is 0 Å². The Kier molecular flexibility index (Phi) is 10.7. The fraction of sp³-hybridized carbons (Fsp3) is 0.615. The van der Waals surface area contributed by atoms with Gasteiger partial charge in [-0.25, -0.2) is 4.79 Å². The summed E-state index contributed by atoms with van der Waals surface area (Å²) in [5, 5.41) is 6.14. The Morgan fingerprint density at radius 2 is 1.89 bits per heavy atom. The van der Waals surface area contributed by atoms with Crippen molar-refractivity contribution >= 4 is 23.9 Å². The van der Waals surface area contributed by atoms with Crippen LogP contribution in [-0.4, -0.2) is 72.2 Å². The molecule has 1 aromatic rings. The van der Waals surface area contributed by atoms with Crippen LogP contribution in [0.3, 0.4) is 0 Å². The molecule has 0 radical (unpaired) electrons. The normalized spacial score (nSPS) is 19.8. The Balaban J connectivity index is 2.37. The van der Waals surface area contributed by atoms with Crippen LogP contribution in [0.1, 0.15) is 58.9 Å². The standard InChI is InChI=1S/C26H40N4O6/c1-6-7-13-18(29-25(34)36-26(2,3)4)20-16-30(24(33)19(28-20)15-22(31)35-5)21(23(27)32)14-17-11-9-8-10-12-17/h8-12,18-21,28H,6-7,13-16H2,1-5H3,(H2,27,32)(H,29,34)/t18-,19-,20+,21-/m0/s1. The molecule has 1 heterocycles. The lowest BCUT2D eigenvalue weighted by Gasteiger charge is -2.44. The molecular formula is C26H40N4O6. The number of nitrogens with zero attached hydrogens (tertiary/aromatic N) is 1. The van der Waals surface area contributed by atoms with Gasteiger partial charge < -0.3 is 25.4 Å². The van der Waals surface area contributed by atoms with Crippen LogP contribution >= 0.6 is 0 Å². The number of benzene rings is 1. The molecule has 4 atom stereocenters. The van der Waals surface area contributed by atoms with E-state index in [1.807, 2.05) is 37.3 Å². The van der Waals surface area contributed by atoms with Gasteiger partial charge >= 0.3 is 12.1 Å². The number of hydrogen-bond donors (Lipinski definition) is 3. The number of piperazine rings is 1. The third-order valence-electron chi connectivity index (χ3n) is 6.02. The molecule has 10 nitrogen and oxygen atoms in total. The highest BCUT2D eigenvalue weighted by molar-refractivity contribution is 5.92. The lowest BCUT2D eigenvalue weighted by molar-refractivity contribution is -0.150. The summed E-state index contributed by atoms with van der Waals surface area (Å²) < 4.78 is 10.2. The summed E-state index contributed by atoms with van der Waals surface area (Å²) in [5.74, 6) is -1.62. The van der Waals surface area contributed by atoms with E-state index in [4.69, 9.17) is 15.2 Å². The van der Waals surface area contributed by atoms with Crippen LogP contribution in [0, 0.1) is 0 Å². The van der Waals surface area contributed by atoms with Crippen LogP contribution in [0.4, 0.5) is 4.79 Å². The van der Waals surface area contributed by atoms with Gasteiger partial charge in [0.1, 0.15) is 11.6 Å². The molecule has 0 aliphatic carbocycles. The Bertz CT molecular complexity index is 901. The van der Waals surface area contributed by atoms with Crippen LogP contribution in [0.2, 0.25) is 0 Å². The number of nitrogens with two attached hydrogens (primary N) is 1. The maximum Gasteiger partial charge on any atom is 0.407 e. The van der Waals surface area contributed by atoms with Crippen molar-refractivity contribution in [2.45, 2.75) is 89.6 Å². The molecule has 0 aromatic heterocycles. The second-order valence-corrected chi connectivity index (χ2v) is 10.1. The van der Waals surface area contributed by atoms with E-state index in [9.17, 15) is 19.2 Å². The first kappa shape index (κ1) is 29.1. The van der Waals surface area contributed by atoms with Gasteiger partial charge in [-0.3, -0.25) is 19.7 Å². The van der Waals surface area contributed by atoms with Crippen LogP contribution < -0.4 is 16.4 Å². The highest BCUT2D eigenvalue weighted by Gasteiger charge is 2.43. The average molecular weight is 505 g/mol. The summed E-state index contributed by atoms with van der Waals surface area (Å²) in [7, 11) is 1.25. The van der Waals surface area contributed by atoms with Crippen molar-refractivity contribution in [1.82, 2.24) is 15.5 Å². The number of primary amides is 1. The number of amides is 3. The minimum absolute atomic E-state index is 0.126. The van der Waals surface area contributed by atoms with Gasteiger partial charge in [0, 0.05) is 25.0 Å². The first-order chi connectivity index (χ1) is 16.9. The number of rotatable bonds is 11. The molecule has 1 aliphatic heterocycles. The quantitative estimate of drug-likeness (QED) is 0.391. The van der Waals surface area contributed by atoms with E-state index in [1.165, 1.54) is 12.0 Å². The molecule has 2 rings (SSSR count). The highest BCUT2D eigenvalue weighted by atomic mass is 16.6. The molecular weight excluding hydrogens is 464 g/mol. The fourth-order valence-electron chi connectivity index (χ4n) is 4.26. The van der Waals surface area contributed by atoms with Crippen molar-refractivity contribution in [3.05, 3.63) is 35.9 Å². The SMILES string of the molecule is CCCC[C@H](NC(=O)OC(C)(C)C)[C@H]1CN([C@@H](Cc2ccccc2)C(N)=O)C(=O)[C@H](CC(=O)OC)N1. The van der Waals surface area contributed by atoms with Gasteiger partial charge in [-0.1, -0.05) is 50.1 Å². The molecule has 1 aromatic carbocycles. The topological polar surface area (TPSA) is 140 Å². The van der Waals surface area contributed by atoms with E-state index in [0.29, 0.717) is 6.42 Å². The lowest BCUT2D eigenvalue weighted by Crippen LogP contribution is -2.69. The number of unbranched alkanes of at least 4 members (excludes halogenated alkanes) is 1. The number of esters is 1. The summed E-state index contributed by atoms with van der Waals surface area (Å²) >= 11 is 0. The Morgan fingerprint density at radius 3 is 2.44 bits per heavy atom. The monoisotopic (exact) mass is 504 g/mol. The van der Waals surface area contributed by atoms with Gasteiger partial charge in [0.15, 0.2) is 0 Å². The van der Waals surface area contributed by atoms with Gasteiger partial charge in [-0.2, -0.15) is 0 Å². The van der Waals surface area contributed by atoms with Crippen LogP contribution in [-0.2, 0) is 30.3 Å². The summed E-state index contributed by atoms with van der Waals surface area (Å²) in [6.07, 6.45) is 1.77. The Labute approximate surface area is 213 Å². The van der Waals surface area contributed by atoms with E-state index in [2.05, 4.69) is 10.6 Å². The van der Waals surface area contributed by atoms with Crippen molar-refractivity contribution in [2.24, 2.45) is 5.73 Å². The zero-order valence-electron chi connectivity index (χ0n) is 21.9. The van der Waals surface area contributed by atoms with Crippen molar-refractivity contribution in [3.63, 3.8) is 0 Å². The molecule has 0 spiro atoms. The zero-order valence-corrected chi connectivity index (χ0v) is 21.9. The molecule has 0 unspecified atom stereocenters. The maximum atomic E-state index is 13.4. The number of carbonyl (C=O) groups excluding carboxylic acids is 4. The summed E-state index contributed by atoms with van der Waals surface area (Å²) in [6.45, 7) is 7.50. The predicted molar refractivity (Wildman–Crippen MR) is 135 cm³/mol. The molecule has 1 saturated heterocycles. The molecule has 1 fully saturated rings. The summed E-state index contributed by atoms with van der Waals surface area (Å²) in [5.41, 5.74) is 5.94. The van der Waals surface area contributed by atoms with E-state index >= 15 is 0 Å². The first-order valence-corrected chi connectivity index (χ1v) is 12.4. The number of alkyl carbamates (subject to hydrolysis) is 1. The third kappa shape index (κ3) is 8.82. The maximum absolute atomic E-state index is 13.4.